The fourth-order valence-corrected chi connectivity index (χ4v) is 3.16. The SMILES string of the molecule is CCCCNC(=O)[C@@H](C)N(Cc1cccc(Br)c1)C(=O)COc1ccc(F)cc1. The molecule has 0 saturated heterocycles. The molecule has 29 heavy (non-hydrogen) atoms. The molecule has 0 bridgehead atoms. The van der Waals surface area contributed by atoms with Crippen LogP contribution in [0.5, 0.6) is 5.75 Å². The molecule has 5 nitrogen and oxygen atoms in total. The summed E-state index contributed by atoms with van der Waals surface area (Å²) in [4.78, 5) is 26.9. The predicted octanol–water partition coefficient (Wildman–Crippen LogP) is 4.30. The Morgan fingerprint density at radius 3 is 2.59 bits per heavy atom. The number of carbonyl (C=O) groups excluding carboxylic acids is 2. The zero-order valence-electron chi connectivity index (χ0n) is 16.7. The Morgan fingerprint density at radius 1 is 1.21 bits per heavy atom. The van der Waals surface area contributed by atoms with E-state index in [0.717, 1.165) is 22.9 Å². The van der Waals surface area contributed by atoms with Crippen molar-refractivity contribution < 1.29 is 18.7 Å². The summed E-state index contributed by atoms with van der Waals surface area (Å²) in [5, 5.41) is 2.87. The highest BCUT2D eigenvalue weighted by molar-refractivity contribution is 9.10. The zero-order valence-corrected chi connectivity index (χ0v) is 18.2. The lowest BCUT2D eigenvalue weighted by atomic mass is 10.1. The summed E-state index contributed by atoms with van der Waals surface area (Å²) in [6, 6.07) is 12.4. The van der Waals surface area contributed by atoms with Crippen molar-refractivity contribution in [2.75, 3.05) is 13.2 Å². The van der Waals surface area contributed by atoms with Crippen LogP contribution in [-0.2, 0) is 16.1 Å². The van der Waals surface area contributed by atoms with Gasteiger partial charge in [0.15, 0.2) is 6.61 Å². The molecule has 0 aliphatic carbocycles. The average Bonchev–Trinajstić information content (AvgIpc) is 2.71. The maximum absolute atomic E-state index is 13.0. The molecule has 2 aromatic rings. The highest BCUT2D eigenvalue weighted by Crippen LogP contribution is 2.16. The van der Waals surface area contributed by atoms with E-state index in [-0.39, 0.29) is 30.8 Å². The molecule has 1 atom stereocenters. The van der Waals surface area contributed by atoms with Gasteiger partial charge in [-0.05, 0) is 55.3 Å². The van der Waals surface area contributed by atoms with Gasteiger partial charge in [-0.2, -0.15) is 0 Å². The molecule has 0 saturated carbocycles. The van der Waals surface area contributed by atoms with Gasteiger partial charge in [0.2, 0.25) is 5.91 Å². The number of carbonyl (C=O) groups is 2. The Hall–Kier alpha value is -2.41. The number of hydrogen-bond donors (Lipinski definition) is 1. The first-order valence-electron chi connectivity index (χ1n) is 9.60. The number of benzene rings is 2. The van der Waals surface area contributed by atoms with E-state index >= 15 is 0 Å². The maximum Gasteiger partial charge on any atom is 0.261 e. The second kappa shape index (κ2) is 11.6. The second-order valence-corrected chi connectivity index (χ2v) is 7.63. The molecule has 0 aromatic heterocycles. The van der Waals surface area contributed by atoms with Gasteiger partial charge in [-0.1, -0.05) is 41.4 Å². The van der Waals surface area contributed by atoms with Crippen LogP contribution in [0.3, 0.4) is 0 Å². The average molecular weight is 465 g/mol. The lowest BCUT2D eigenvalue weighted by Crippen LogP contribution is -2.49. The van der Waals surface area contributed by atoms with Crippen molar-refractivity contribution in [3.63, 3.8) is 0 Å². The van der Waals surface area contributed by atoms with Gasteiger partial charge in [-0.15, -0.1) is 0 Å². The molecule has 0 unspecified atom stereocenters. The Labute approximate surface area is 179 Å². The summed E-state index contributed by atoms with van der Waals surface area (Å²) >= 11 is 3.43. The van der Waals surface area contributed by atoms with Crippen LogP contribution in [0.4, 0.5) is 4.39 Å². The van der Waals surface area contributed by atoms with Crippen LogP contribution in [-0.4, -0.2) is 35.9 Å². The van der Waals surface area contributed by atoms with Crippen molar-refractivity contribution in [1.29, 1.82) is 0 Å². The normalized spacial score (nSPS) is 11.6. The minimum absolute atomic E-state index is 0.205. The van der Waals surface area contributed by atoms with Gasteiger partial charge in [0.1, 0.15) is 17.6 Å². The number of ether oxygens (including phenoxy) is 1. The smallest absolute Gasteiger partial charge is 0.261 e. The van der Waals surface area contributed by atoms with Crippen molar-refractivity contribution in [3.8, 4) is 5.75 Å². The minimum atomic E-state index is -0.657. The van der Waals surface area contributed by atoms with Gasteiger partial charge in [0.05, 0.1) is 0 Å². The summed E-state index contributed by atoms with van der Waals surface area (Å²) in [6.07, 6.45) is 1.85. The summed E-state index contributed by atoms with van der Waals surface area (Å²) in [6.45, 7) is 4.35. The van der Waals surface area contributed by atoms with Crippen molar-refractivity contribution >= 4 is 27.7 Å². The van der Waals surface area contributed by atoms with E-state index in [4.69, 9.17) is 4.74 Å². The third-order valence-electron chi connectivity index (χ3n) is 4.41. The van der Waals surface area contributed by atoms with Crippen molar-refractivity contribution in [1.82, 2.24) is 10.2 Å². The van der Waals surface area contributed by atoms with E-state index in [1.165, 1.54) is 29.2 Å². The van der Waals surface area contributed by atoms with Crippen LogP contribution in [0.1, 0.15) is 32.3 Å². The highest BCUT2D eigenvalue weighted by atomic mass is 79.9. The van der Waals surface area contributed by atoms with E-state index in [2.05, 4.69) is 21.2 Å². The zero-order chi connectivity index (χ0) is 21.2. The van der Waals surface area contributed by atoms with Gasteiger partial charge in [-0.3, -0.25) is 9.59 Å². The van der Waals surface area contributed by atoms with Crippen LogP contribution in [0.25, 0.3) is 0 Å². The Bertz CT molecular complexity index is 814. The van der Waals surface area contributed by atoms with Crippen LogP contribution in [0, 0.1) is 5.82 Å². The van der Waals surface area contributed by atoms with E-state index in [1.807, 2.05) is 31.2 Å². The molecule has 0 radical (unpaired) electrons. The molecule has 0 spiro atoms. The standard InChI is InChI=1S/C22H26BrFN2O3/c1-3-4-12-25-22(28)16(2)26(14-17-6-5-7-18(23)13-17)21(27)15-29-20-10-8-19(24)9-11-20/h5-11,13,16H,3-4,12,14-15H2,1-2H3,(H,25,28)/t16-/m1/s1. The van der Waals surface area contributed by atoms with E-state index in [9.17, 15) is 14.0 Å². The third-order valence-corrected chi connectivity index (χ3v) is 4.91. The summed E-state index contributed by atoms with van der Waals surface area (Å²) in [5.74, 6) is -0.518. The maximum atomic E-state index is 13.0. The van der Waals surface area contributed by atoms with E-state index in [0.29, 0.717) is 12.3 Å². The molecule has 2 aromatic carbocycles. The fraction of sp³-hybridized carbons (Fsp3) is 0.364. The molecule has 156 valence electrons. The number of nitrogens with one attached hydrogen (secondary N) is 1. The van der Waals surface area contributed by atoms with Gasteiger partial charge in [-0.25, -0.2) is 4.39 Å². The fourth-order valence-electron chi connectivity index (χ4n) is 2.71. The lowest BCUT2D eigenvalue weighted by Gasteiger charge is -2.28. The lowest BCUT2D eigenvalue weighted by molar-refractivity contribution is -0.142. The van der Waals surface area contributed by atoms with Crippen molar-refractivity contribution in [2.24, 2.45) is 0 Å². The number of amides is 2. The summed E-state index contributed by atoms with van der Waals surface area (Å²) in [5.41, 5.74) is 0.891. The quantitative estimate of drug-likeness (QED) is 0.533. The van der Waals surface area contributed by atoms with Gasteiger partial charge < -0.3 is 15.0 Å². The molecule has 7 heteroatoms. The molecule has 0 fully saturated rings. The van der Waals surface area contributed by atoms with Gasteiger partial charge in [0.25, 0.3) is 5.91 Å². The van der Waals surface area contributed by atoms with Gasteiger partial charge >= 0.3 is 0 Å². The number of unbranched alkanes of at least 4 members (excludes halogenated alkanes) is 1. The first kappa shape index (κ1) is 22.9. The molecule has 0 aliphatic heterocycles. The Morgan fingerprint density at radius 2 is 1.93 bits per heavy atom. The largest absolute Gasteiger partial charge is 0.484 e. The number of hydrogen-bond acceptors (Lipinski definition) is 3. The van der Waals surface area contributed by atoms with Gasteiger partial charge in [0, 0.05) is 17.6 Å². The molecule has 1 N–H and O–H groups in total. The number of halogens is 2. The topological polar surface area (TPSA) is 58.6 Å². The highest BCUT2D eigenvalue weighted by Gasteiger charge is 2.26. The predicted molar refractivity (Wildman–Crippen MR) is 114 cm³/mol. The Balaban J connectivity index is 2.10. The second-order valence-electron chi connectivity index (χ2n) is 6.71. The molecular weight excluding hydrogens is 439 g/mol. The first-order chi connectivity index (χ1) is 13.9. The number of rotatable bonds is 10. The molecule has 2 amide bonds. The monoisotopic (exact) mass is 464 g/mol. The molecular formula is C22H26BrFN2O3. The molecule has 2 rings (SSSR count). The molecule has 0 aliphatic rings. The van der Waals surface area contributed by atoms with Crippen LogP contribution in [0.2, 0.25) is 0 Å². The van der Waals surface area contributed by atoms with E-state index in [1.54, 1.807) is 6.92 Å². The van der Waals surface area contributed by atoms with E-state index < -0.39 is 6.04 Å². The summed E-state index contributed by atoms with van der Waals surface area (Å²) < 4.78 is 19.4. The first-order valence-corrected chi connectivity index (χ1v) is 10.4. The van der Waals surface area contributed by atoms with Crippen LogP contribution < -0.4 is 10.1 Å². The third kappa shape index (κ3) is 7.49. The number of nitrogens with zero attached hydrogens (tertiary/aromatic N) is 1. The molecule has 0 heterocycles. The van der Waals surface area contributed by atoms with Crippen molar-refractivity contribution in [2.45, 2.75) is 39.3 Å². The Kier molecular flexibility index (Phi) is 9.12. The van der Waals surface area contributed by atoms with Crippen molar-refractivity contribution in [3.05, 3.63) is 64.4 Å². The van der Waals surface area contributed by atoms with Crippen LogP contribution >= 0.6 is 15.9 Å². The summed E-state index contributed by atoms with van der Waals surface area (Å²) in [7, 11) is 0. The minimum Gasteiger partial charge on any atom is -0.484 e. The van der Waals surface area contributed by atoms with Crippen LogP contribution in [0.15, 0.2) is 53.0 Å².